The summed E-state index contributed by atoms with van der Waals surface area (Å²) in [4.78, 5) is 13.7. The molecule has 1 saturated heterocycles. The SMILES string of the molecule is Cc1ccc(C(=O)N2CC(CN)C2)cc1. The molecular weight excluding hydrogens is 188 g/mol. The van der Waals surface area contributed by atoms with Gasteiger partial charge in [0.2, 0.25) is 0 Å². The van der Waals surface area contributed by atoms with Gasteiger partial charge in [-0.1, -0.05) is 17.7 Å². The van der Waals surface area contributed by atoms with Gasteiger partial charge in [0, 0.05) is 24.6 Å². The molecule has 15 heavy (non-hydrogen) atoms. The van der Waals surface area contributed by atoms with Crippen LogP contribution in [0.1, 0.15) is 15.9 Å². The summed E-state index contributed by atoms with van der Waals surface area (Å²) in [6, 6.07) is 7.70. The van der Waals surface area contributed by atoms with Crippen molar-refractivity contribution in [2.75, 3.05) is 19.6 Å². The van der Waals surface area contributed by atoms with E-state index in [1.165, 1.54) is 5.56 Å². The molecule has 0 aliphatic carbocycles. The number of benzene rings is 1. The first-order chi connectivity index (χ1) is 7.20. The standard InChI is InChI=1S/C12H16N2O/c1-9-2-4-11(5-3-9)12(15)14-7-10(6-13)8-14/h2-5,10H,6-8,13H2,1H3. The third-order valence-electron chi connectivity index (χ3n) is 2.88. The highest BCUT2D eigenvalue weighted by molar-refractivity contribution is 5.94. The second-order valence-electron chi connectivity index (χ2n) is 4.18. The van der Waals surface area contributed by atoms with E-state index in [4.69, 9.17) is 5.73 Å². The van der Waals surface area contributed by atoms with Crippen LogP contribution >= 0.6 is 0 Å². The minimum atomic E-state index is 0.125. The summed E-state index contributed by atoms with van der Waals surface area (Å²) in [6.07, 6.45) is 0. The molecule has 3 heteroatoms. The molecule has 0 aromatic heterocycles. The van der Waals surface area contributed by atoms with Crippen molar-refractivity contribution in [1.29, 1.82) is 0 Å². The van der Waals surface area contributed by atoms with Crippen molar-refractivity contribution in [2.24, 2.45) is 11.7 Å². The second kappa shape index (κ2) is 4.03. The molecule has 80 valence electrons. The molecule has 0 saturated carbocycles. The average Bonchev–Trinajstić information content (AvgIpc) is 2.17. The van der Waals surface area contributed by atoms with Gasteiger partial charge in [0.25, 0.3) is 5.91 Å². The highest BCUT2D eigenvalue weighted by Crippen LogP contribution is 2.17. The van der Waals surface area contributed by atoms with Crippen LogP contribution in [0.15, 0.2) is 24.3 Å². The molecule has 0 radical (unpaired) electrons. The van der Waals surface area contributed by atoms with E-state index >= 15 is 0 Å². The minimum absolute atomic E-state index is 0.125. The molecule has 1 aromatic rings. The van der Waals surface area contributed by atoms with Crippen LogP contribution in [0.2, 0.25) is 0 Å². The van der Waals surface area contributed by atoms with Crippen molar-refractivity contribution in [2.45, 2.75) is 6.92 Å². The van der Waals surface area contributed by atoms with E-state index in [0.29, 0.717) is 12.5 Å². The Morgan fingerprint density at radius 2 is 2.00 bits per heavy atom. The van der Waals surface area contributed by atoms with Crippen LogP contribution in [0.5, 0.6) is 0 Å². The van der Waals surface area contributed by atoms with Gasteiger partial charge in [-0.25, -0.2) is 0 Å². The highest BCUT2D eigenvalue weighted by Gasteiger charge is 2.29. The maximum Gasteiger partial charge on any atom is 0.253 e. The van der Waals surface area contributed by atoms with Crippen molar-refractivity contribution < 1.29 is 4.79 Å². The lowest BCUT2D eigenvalue weighted by Crippen LogP contribution is -2.52. The van der Waals surface area contributed by atoms with Crippen molar-refractivity contribution in [3.05, 3.63) is 35.4 Å². The molecule has 1 heterocycles. The third-order valence-corrected chi connectivity index (χ3v) is 2.88. The van der Waals surface area contributed by atoms with Gasteiger partial charge in [-0.3, -0.25) is 4.79 Å². The molecular formula is C12H16N2O. The molecule has 0 bridgehead atoms. The molecule has 1 aromatic carbocycles. The summed E-state index contributed by atoms with van der Waals surface area (Å²) in [5.41, 5.74) is 7.47. The molecule has 0 spiro atoms. The summed E-state index contributed by atoms with van der Waals surface area (Å²) in [5.74, 6) is 0.624. The first kappa shape index (κ1) is 10.2. The fraction of sp³-hybridized carbons (Fsp3) is 0.417. The minimum Gasteiger partial charge on any atom is -0.338 e. The Bertz CT molecular complexity index is 352. The van der Waals surface area contributed by atoms with E-state index in [0.717, 1.165) is 18.7 Å². The Balaban J connectivity index is 2.00. The maximum absolute atomic E-state index is 11.9. The van der Waals surface area contributed by atoms with E-state index in [-0.39, 0.29) is 5.91 Å². The fourth-order valence-electron chi connectivity index (χ4n) is 1.76. The van der Waals surface area contributed by atoms with Crippen molar-refractivity contribution in [3.8, 4) is 0 Å². The predicted octanol–water partition coefficient (Wildman–Crippen LogP) is 1.03. The lowest BCUT2D eigenvalue weighted by molar-refractivity contribution is 0.0515. The number of likely N-dealkylation sites (tertiary alicyclic amines) is 1. The number of aryl methyl sites for hydroxylation is 1. The Labute approximate surface area is 89.9 Å². The fourth-order valence-corrected chi connectivity index (χ4v) is 1.76. The average molecular weight is 204 g/mol. The Morgan fingerprint density at radius 1 is 1.40 bits per heavy atom. The Hall–Kier alpha value is -1.35. The van der Waals surface area contributed by atoms with Crippen molar-refractivity contribution in [3.63, 3.8) is 0 Å². The normalized spacial score (nSPS) is 16.3. The first-order valence-electron chi connectivity index (χ1n) is 5.26. The van der Waals surface area contributed by atoms with Crippen LogP contribution in [0.25, 0.3) is 0 Å². The summed E-state index contributed by atoms with van der Waals surface area (Å²) in [7, 11) is 0. The van der Waals surface area contributed by atoms with Gasteiger partial charge in [-0.2, -0.15) is 0 Å². The van der Waals surface area contributed by atoms with Gasteiger partial charge in [0.15, 0.2) is 0 Å². The number of hydrogen-bond acceptors (Lipinski definition) is 2. The topological polar surface area (TPSA) is 46.3 Å². The van der Waals surface area contributed by atoms with Gasteiger partial charge < -0.3 is 10.6 Å². The van der Waals surface area contributed by atoms with Gasteiger partial charge in [-0.15, -0.1) is 0 Å². The van der Waals surface area contributed by atoms with Crippen LogP contribution in [-0.2, 0) is 0 Å². The number of carbonyl (C=O) groups excluding carboxylic acids is 1. The van der Waals surface area contributed by atoms with E-state index in [2.05, 4.69) is 0 Å². The quantitative estimate of drug-likeness (QED) is 0.782. The number of nitrogens with two attached hydrogens (primary N) is 1. The second-order valence-corrected chi connectivity index (χ2v) is 4.18. The summed E-state index contributed by atoms with van der Waals surface area (Å²) >= 11 is 0. The van der Waals surface area contributed by atoms with Crippen LogP contribution in [-0.4, -0.2) is 30.4 Å². The lowest BCUT2D eigenvalue weighted by Gasteiger charge is -2.38. The zero-order valence-electron chi connectivity index (χ0n) is 8.94. The zero-order chi connectivity index (χ0) is 10.8. The predicted molar refractivity (Wildman–Crippen MR) is 59.6 cm³/mol. The molecule has 3 nitrogen and oxygen atoms in total. The molecule has 0 unspecified atom stereocenters. The number of nitrogens with zero attached hydrogens (tertiary/aromatic N) is 1. The third kappa shape index (κ3) is 2.02. The van der Waals surface area contributed by atoms with Gasteiger partial charge in [0.1, 0.15) is 0 Å². The molecule has 2 N–H and O–H groups in total. The van der Waals surface area contributed by atoms with Crippen LogP contribution < -0.4 is 5.73 Å². The largest absolute Gasteiger partial charge is 0.338 e. The van der Waals surface area contributed by atoms with Gasteiger partial charge >= 0.3 is 0 Å². The van der Waals surface area contributed by atoms with E-state index < -0.39 is 0 Å². The number of amides is 1. The smallest absolute Gasteiger partial charge is 0.253 e. The van der Waals surface area contributed by atoms with Gasteiger partial charge in [-0.05, 0) is 25.6 Å². The molecule has 1 fully saturated rings. The van der Waals surface area contributed by atoms with E-state index in [1.807, 2.05) is 36.1 Å². The highest BCUT2D eigenvalue weighted by atomic mass is 16.2. The number of carbonyl (C=O) groups is 1. The number of rotatable bonds is 2. The Morgan fingerprint density at radius 3 is 2.53 bits per heavy atom. The lowest BCUT2D eigenvalue weighted by atomic mass is 9.99. The van der Waals surface area contributed by atoms with Crippen LogP contribution in [0, 0.1) is 12.8 Å². The molecule has 1 amide bonds. The Kier molecular flexibility index (Phi) is 2.73. The number of hydrogen-bond donors (Lipinski definition) is 1. The van der Waals surface area contributed by atoms with Crippen LogP contribution in [0.4, 0.5) is 0 Å². The van der Waals surface area contributed by atoms with Gasteiger partial charge in [0.05, 0.1) is 0 Å². The zero-order valence-corrected chi connectivity index (χ0v) is 8.94. The molecule has 0 atom stereocenters. The maximum atomic E-state index is 11.9. The van der Waals surface area contributed by atoms with E-state index in [1.54, 1.807) is 0 Å². The van der Waals surface area contributed by atoms with E-state index in [9.17, 15) is 4.79 Å². The van der Waals surface area contributed by atoms with Crippen molar-refractivity contribution >= 4 is 5.91 Å². The molecule has 1 aliphatic heterocycles. The molecule has 2 rings (SSSR count). The molecule has 1 aliphatic rings. The summed E-state index contributed by atoms with van der Waals surface area (Å²) < 4.78 is 0. The first-order valence-corrected chi connectivity index (χ1v) is 5.26. The summed E-state index contributed by atoms with van der Waals surface area (Å²) in [6.45, 7) is 4.31. The monoisotopic (exact) mass is 204 g/mol. The van der Waals surface area contributed by atoms with Crippen LogP contribution in [0.3, 0.4) is 0 Å². The summed E-state index contributed by atoms with van der Waals surface area (Å²) in [5, 5.41) is 0. The van der Waals surface area contributed by atoms with Crippen molar-refractivity contribution in [1.82, 2.24) is 4.90 Å².